The molecular formula is C61H100O6. The third-order valence-corrected chi connectivity index (χ3v) is 11.2. The van der Waals surface area contributed by atoms with Gasteiger partial charge in [-0.15, -0.1) is 0 Å². The zero-order chi connectivity index (χ0) is 48.6. The van der Waals surface area contributed by atoms with Crippen molar-refractivity contribution in [2.24, 2.45) is 0 Å². The Bertz CT molecular complexity index is 1390. The van der Waals surface area contributed by atoms with E-state index in [1.54, 1.807) is 0 Å². The van der Waals surface area contributed by atoms with E-state index in [2.05, 4.69) is 130 Å². The third-order valence-electron chi connectivity index (χ3n) is 11.2. The fourth-order valence-electron chi connectivity index (χ4n) is 7.07. The molecule has 0 aliphatic carbocycles. The Morgan fingerprint density at radius 1 is 0.299 bits per heavy atom. The highest BCUT2D eigenvalue weighted by Gasteiger charge is 2.19. The zero-order valence-electron chi connectivity index (χ0n) is 43.4. The van der Waals surface area contributed by atoms with Crippen molar-refractivity contribution < 1.29 is 28.6 Å². The van der Waals surface area contributed by atoms with Crippen LogP contribution in [0.2, 0.25) is 0 Å². The van der Waals surface area contributed by atoms with Gasteiger partial charge in [-0.3, -0.25) is 14.4 Å². The summed E-state index contributed by atoms with van der Waals surface area (Å²) in [6.45, 7) is 6.47. The molecule has 0 amide bonds. The molecule has 0 radical (unpaired) electrons. The van der Waals surface area contributed by atoms with Crippen molar-refractivity contribution in [3.8, 4) is 0 Å². The van der Waals surface area contributed by atoms with Gasteiger partial charge in [0.2, 0.25) is 0 Å². The molecule has 6 nitrogen and oxygen atoms in total. The van der Waals surface area contributed by atoms with Gasteiger partial charge < -0.3 is 14.2 Å². The first kappa shape index (κ1) is 63.1. The van der Waals surface area contributed by atoms with Gasteiger partial charge in [0, 0.05) is 19.3 Å². The average Bonchev–Trinajstić information content (AvgIpc) is 3.33. The molecule has 0 spiro atoms. The van der Waals surface area contributed by atoms with Crippen molar-refractivity contribution in [2.75, 3.05) is 13.2 Å². The number of ether oxygens (including phenoxy) is 3. The number of hydrogen-bond acceptors (Lipinski definition) is 6. The Morgan fingerprint density at radius 2 is 0.552 bits per heavy atom. The van der Waals surface area contributed by atoms with Crippen LogP contribution < -0.4 is 0 Å². The smallest absolute Gasteiger partial charge is 0.306 e. The summed E-state index contributed by atoms with van der Waals surface area (Å²) in [6.07, 6.45) is 73.7. The Balaban J connectivity index is 4.58. The van der Waals surface area contributed by atoms with Crippen LogP contribution in [0.4, 0.5) is 0 Å². The van der Waals surface area contributed by atoms with E-state index < -0.39 is 6.10 Å². The Hall–Kier alpha value is -3.93. The summed E-state index contributed by atoms with van der Waals surface area (Å²) < 4.78 is 16.7. The predicted molar refractivity (Wildman–Crippen MR) is 288 cm³/mol. The minimum absolute atomic E-state index is 0.129. The fraction of sp³-hybridized carbons (Fsp3) is 0.656. The van der Waals surface area contributed by atoms with Gasteiger partial charge in [-0.1, -0.05) is 207 Å². The maximum absolute atomic E-state index is 12.8. The van der Waals surface area contributed by atoms with E-state index in [1.807, 2.05) is 0 Å². The first-order chi connectivity index (χ1) is 33.0. The van der Waals surface area contributed by atoms with Gasteiger partial charge in [0.15, 0.2) is 6.10 Å². The van der Waals surface area contributed by atoms with E-state index >= 15 is 0 Å². The number of esters is 3. The Morgan fingerprint density at radius 3 is 0.910 bits per heavy atom. The van der Waals surface area contributed by atoms with Crippen molar-refractivity contribution >= 4 is 17.9 Å². The molecule has 6 heteroatoms. The first-order valence-corrected chi connectivity index (χ1v) is 27.4. The van der Waals surface area contributed by atoms with Gasteiger partial charge in [-0.05, 0) is 122 Å². The standard InChI is InChI=1S/C61H100O6/c1-4-7-10-13-16-19-22-25-28-30-33-35-38-41-44-47-50-53-59(62)65-56-58(67-61(64)55-52-49-46-43-40-37-32-27-24-21-18-15-12-9-6-3)57-66-60(63)54-51-48-45-42-39-36-34-31-29-26-23-20-17-14-11-8-5-2/h16,18-19,21,25-29,32-36,41-42,44-45,58H,4-15,17,20,22-24,30-31,37-40,43,46-57H2,1-3H3/b19-16-,21-18-,28-25-,29-26-,32-27-,35-33-,36-34-,44-41-,45-42-/t58-/m1/s1. The molecule has 380 valence electrons. The monoisotopic (exact) mass is 929 g/mol. The van der Waals surface area contributed by atoms with Gasteiger partial charge in [0.05, 0.1) is 0 Å². The molecule has 0 aromatic heterocycles. The molecule has 67 heavy (non-hydrogen) atoms. The summed E-state index contributed by atoms with van der Waals surface area (Å²) in [6, 6.07) is 0. The molecule has 0 aromatic rings. The van der Waals surface area contributed by atoms with Crippen LogP contribution in [0.5, 0.6) is 0 Å². The second-order valence-electron chi connectivity index (χ2n) is 17.8. The van der Waals surface area contributed by atoms with E-state index in [0.29, 0.717) is 12.8 Å². The third kappa shape index (κ3) is 52.9. The second kappa shape index (κ2) is 54.7. The number of allylic oxidation sites excluding steroid dienone is 18. The van der Waals surface area contributed by atoms with Gasteiger partial charge >= 0.3 is 17.9 Å². The second-order valence-corrected chi connectivity index (χ2v) is 17.8. The zero-order valence-corrected chi connectivity index (χ0v) is 43.4. The lowest BCUT2D eigenvalue weighted by Crippen LogP contribution is -2.30. The maximum Gasteiger partial charge on any atom is 0.306 e. The minimum atomic E-state index is -0.830. The van der Waals surface area contributed by atoms with Crippen LogP contribution in [0, 0.1) is 0 Å². The lowest BCUT2D eigenvalue weighted by atomic mass is 10.1. The average molecular weight is 929 g/mol. The first-order valence-electron chi connectivity index (χ1n) is 27.4. The Kier molecular flexibility index (Phi) is 51.5. The summed E-state index contributed by atoms with van der Waals surface area (Å²) in [5, 5.41) is 0. The summed E-state index contributed by atoms with van der Waals surface area (Å²) in [4.78, 5) is 38.0. The number of carbonyl (C=O) groups is 3. The summed E-state index contributed by atoms with van der Waals surface area (Å²) in [7, 11) is 0. The van der Waals surface area contributed by atoms with Crippen LogP contribution >= 0.6 is 0 Å². The molecular weight excluding hydrogens is 829 g/mol. The summed E-state index contributed by atoms with van der Waals surface area (Å²) in [5.41, 5.74) is 0. The maximum atomic E-state index is 12.8. The molecule has 1 atom stereocenters. The molecule has 0 rings (SSSR count). The highest BCUT2D eigenvalue weighted by Crippen LogP contribution is 2.12. The quantitative estimate of drug-likeness (QED) is 0.0262. The minimum Gasteiger partial charge on any atom is -0.462 e. The molecule has 0 bridgehead atoms. The van der Waals surface area contributed by atoms with Crippen molar-refractivity contribution in [3.05, 3.63) is 109 Å². The van der Waals surface area contributed by atoms with Crippen molar-refractivity contribution in [1.29, 1.82) is 0 Å². The van der Waals surface area contributed by atoms with Crippen LogP contribution in [-0.2, 0) is 28.6 Å². The van der Waals surface area contributed by atoms with Crippen LogP contribution in [0.3, 0.4) is 0 Å². The van der Waals surface area contributed by atoms with E-state index in [1.165, 1.54) is 96.3 Å². The molecule has 0 saturated heterocycles. The largest absolute Gasteiger partial charge is 0.462 e. The van der Waals surface area contributed by atoms with E-state index in [9.17, 15) is 14.4 Å². The molecule has 0 unspecified atom stereocenters. The van der Waals surface area contributed by atoms with Crippen molar-refractivity contribution in [1.82, 2.24) is 0 Å². The molecule has 0 aliphatic rings. The van der Waals surface area contributed by atoms with Crippen LogP contribution in [0.15, 0.2) is 109 Å². The van der Waals surface area contributed by atoms with Crippen LogP contribution in [0.1, 0.15) is 239 Å². The van der Waals surface area contributed by atoms with Crippen LogP contribution in [-0.4, -0.2) is 37.2 Å². The fourth-order valence-corrected chi connectivity index (χ4v) is 7.07. The van der Waals surface area contributed by atoms with Gasteiger partial charge in [0.1, 0.15) is 13.2 Å². The molecule has 0 aromatic carbocycles. The van der Waals surface area contributed by atoms with Gasteiger partial charge in [0.25, 0.3) is 0 Å². The van der Waals surface area contributed by atoms with E-state index in [-0.39, 0.29) is 50.4 Å². The number of carbonyl (C=O) groups excluding carboxylic acids is 3. The number of unbranched alkanes of at least 4 members (excludes halogenated alkanes) is 19. The highest BCUT2D eigenvalue weighted by atomic mass is 16.6. The molecule has 0 aliphatic heterocycles. The van der Waals surface area contributed by atoms with E-state index in [4.69, 9.17) is 14.2 Å². The summed E-state index contributed by atoms with van der Waals surface area (Å²) >= 11 is 0. The lowest BCUT2D eigenvalue weighted by Gasteiger charge is -2.18. The topological polar surface area (TPSA) is 78.9 Å². The van der Waals surface area contributed by atoms with Gasteiger partial charge in [-0.2, -0.15) is 0 Å². The Labute approximate surface area is 412 Å². The highest BCUT2D eigenvalue weighted by molar-refractivity contribution is 5.71. The van der Waals surface area contributed by atoms with Gasteiger partial charge in [-0.25, -0.2) is 0 Å². The predicted octanol–water partition coefficient (Wildman–Crippen LogP) is 18.3. The molecule has 0 N–H and O–H groups in total. The number of hydrogen-bond donors (Lipinski definition) is 0. The normalized spacial score (nSPS) is 12.9. The molecule has 0 fully saturated rings. The van der Waals surface area contributed by atoms with Crippen LogP contribution in [0.25, 0.3) is 0 Å². The number of rotatable bonds is 48. The molecule has 0 saturated carbocycles. The lowest BCUT2D eigenvalue weighted by molar-refractivity contribution is -0.167. The van der Waals surface area contributed by atoms with E-state index in [0.717, 1.165) is 89.9 Å². The van der Waals surface area contributed by atoms with Crippen molar-refractivity contribution in [2.45, 2.75) is 245 Å². The SMILES string of the molecule is CCCCC/C=C\C/C=C\C/C=C\C/C=C\CCCC(=O)OC[C@H](COC(=O)CCC/C=C\C/C=C\C/C=C\CCCCCCCC)OC(=O)CCCCCCC/C=C\C/C=C\CCCCC. The molecule has 0 heterocycles. The summed E-state index contributed by atoms with van der Waals surface area (Å²) in [5.74, 6) is -1.05. The van der Waals surface area contributed by atoms with Crippen molar-refractivity contribution in [3.63, 3.8) is 0 Å².